The Morgan fingerprint density at radius 1 is 1.48 bits per heavy atom. The Morgan fingerprint density at radius 2 is 2.33 bits per heavy atom. The van der Waals surface area contributed by atoms with Crippen LogP contribution in [0.2, 0.25) is 0 Å². The first-order valence-corrected chi connectivity index (χ1v) is 9.56. The van der Waals surface area contributed by atoms with Crippen LogP contribution in [0.25, 0.3) is 5.65 Å². The van der Waals surface area contributed by atoms with Crippen LogP contribution in [0.3, 0.4) is 0 Å². The van der Waals surface area contributed by atoms with Crippen molar-refractivity contribution < 1.29 is 13.9 Å². The number of carbonyl (C=O) groups excluding carboxylic acids is 1. The Morgan fingerprint density at radius 3 is 3.15 bits per heavy atom. The zero-order valence-corrected chi connectivity index (χ0v) is 15.9. The van der Waals surface area contributed by atoms with Gasteiger partial charge in [0.15, 0.2) is 5.13 Å². The molecule has 1 aliphatic heterocycles. The molecule has 0 spiro atoms. The Balaban J connectivity index is 1.40. The summed E-state index contributed by atoms with van der Waals surface area (Å²) in [4.78, 5) is 21.9. The molecule has 7 nitrogen and oxygen atoms in total. The van der Waals surface area contributed by atoms with Crippen molar-refractivity contribution in [2.75, 3.05) is 11.9 Å². The number of carbonyl (C=O) groups is 1. The number of imidazole rings is 1. The molecule has 4 rings (SSSR count). The molecule has 142 valence electrons. The van der Waals surface area contributed by atoms with E-state index in [1.807, 2.05) is 28.9 Å². The summed E-state index contributed by atoms with van der Waals surface area (Å²) in [5.74, 6) is 0.00231. The van der Waals surface area contributed by atoms with E-state index in [4.69, 9.17) is 4.74 Å². The maximum atomic E-state index is 14.1. The second-order valence-electron chi connectivity index (χ2n) is 6.72. The molecule has 4 heterocycles. The molecule has 0 radical (unpaired) electrons. The topological polar surface area (TPSA) is 71.8 Å². The van der Waals surface area contributed by atoms with E-state index in [9.17, 15) is 9.18 Å². The molecule has 0 bridgehead atoms. The van der Waals surface area contributed by atoms with Crippen LogP contribution >= 0.6 is 11.3 Å². The van der Waals surface area contributed by atoms with Gasteiger partial charge in [0.1, 0.15) is 17.5 Å². The lowest BCUT2D eigenvalue weighted by Gasteiger charge is -2.19. The maximum absolute atomic E-state index is 14.1. The Hall–Kier alpha value is -2.52. The van der Waals surface area contributed by atoms with E-state index in [0.29, 0.717) is 23.1 Å². The first-order chi connectivity index (χ1) is 13.0. The summed E-state index contributed by atoms with van der Waals surface area (Å²) in [7, 11) is 0. The van der Waals surface area contributed by atoms with Crippen LogP contribution in [-0.2, 0) is 11.3 Å². The Kier molecular flexibility index (Phi) is 4.79. The number of pyridine rings is 1. The molecule has 1 saturated heterocycles. The third kappa shape index (κ3) is 3.93. The van der Waals surface area contributed by atoms with Crippen molar-refractivity contribution in [3.8, 4) is 5.75 Å². The van der Waals surface area contributed by atoms with Crippen molar-refractivity contribution in [1.82, 2.24) is 19.3 Å². The first-order valence-electron chi connectivity index (χ1n) is 8.74. The molecule has 0 saturated carbocycles. The normalized spacial score (nSPS) is 20.3. The van der Waals surface area contributed by atoms with Crippen LogP contribution in [0.1, 0.15) is 25.1 Å². The lowest BCUT2D eigenvalue weighted by atomic mass is 10.2. The van der Waals surface area contributed by atoms with Gasteiger partial charge in [-0.05, 0) is 13.0 Å². The van der Waals surface area contributed by atoms with Gasteiger partial charge in [0.05, 0.1) is 4.88 Å². The molecule has 3 aromatic heterocycles. The SMILES string of the molecule is CC(=O)Nc1nc(F)c(CN2C[C@H](Oc3ccn4ccnc4c3)C[C@@H]2C)s1. The highest BCUT2D eigenvalue weighted by Gasteiger charge is 2.31. The number of anilines is 1. The number of halogens is 1. The van der Waals surface area contributed by atoms with Crippen LogP contribution in [0.5, 0.6) is 5.75 Å². The quantitative estimate of drug-likeness (QED) is 0.726. The second-order valence-corrected chi connectivity index (χ2v) is 7.81. The molecule has 0 aromatic carbocycles. The summed E-state index contributed by atoms with van der Waals surface area (Å²) >= 11 is 1.17. The number of amides is 1. The second kappa shape index (κ2) is 7.24. The molecule has 0 aliphatic carbocycles. The van der Waals surface area contributed by atoms with Crippen LogP contribution in [-0.4, -0.2) is 43.9 Å². The van der Waals surface area contributed by atoms with Crippen LogP contribution in [0.4, 0.5) is 9.52 Å². The van der Waals surface area contributed by atoms with Crippen LogP contribution in [0, 0.1) is 5.95 Å². The monoisotopic (exact) mass is 389 g/mol. The zero-order chi connectivity index (χ0) is 19.0. The third-order valence-corrected chi connectivity index (χ3v) is 5.55. The molecule has 0 unspecified atom stereocenters. The minimum absolute atomic E-state index is 0.0307. The molecular formula is C18H20FN5O2S. The van der Waals surface area contributed by atoms with Gasteiger partial charge in [-0.3, -0.25) is 9.69 Å². The number of rotatable bonds is 5. The van der Waals surface area contributed by atoms with Gasteiger partial charge in [-0.25, -0.2) is 4.98 Å². The van der Waals surface area contributed by atoms with E-state index in [-0.39, 0.29) is 18.1 Å². The number of nitrogens with one attached hydrogen (secondary N) is 1. The molecule has 27 heavy (non-hydrogen) atoms. The minimum atomic E-state index is -0.523. The number of ether oxygens (including phenoxy) is 1. The van der Waals surface area contributed by atoms with Gasteiger partial charge in [-0.1, -0.05) is 11.3 Å². The smallest absolute Gasteiger partial charge is 0.230 e. The van der Waals surface area contributed by atoms with E-state index in [1.165, 1.54) is 18.3 Å². The number of aromatic nitrogens is 3. The minimum Gasteiger partial charge on any atom is -0.489 e. The predicted molar refractivity (Wildman–Crippen MR) is 100 cm³/mol. The van der Waals surface area contributed by atoms with Gasteiger partial charge >= 0.3 is 0 Å². The summed E-state index contributed by atoms with van der Waals surface area (Å²) in [6, 6.07) is 4.09. The van der Waals surface area contributed by atoms with E-state index >= 15 is 0 Å². The lowest BCUT2D eigenvalue weighted by Crippen LogP contribution is -2.28. The highest BCUT2D eigenvalue weighted by Crippen LogP contribution is 2.29. The Labute approximate surface area is 159 Å². The van der Waals surface area contributed by atoms with Gasteiger partial charge in [0.2, 0.25) is 11.9 Å². The van der Waals surface area contributed by atoms with Gasteiger partial charge in [0.25, 0.3) is 0 Å². The van der Waals surface area contributed by atoms with E-state index in [1.54, 1.807) is 6.20 Å². The fourth-order valence-electron chi connectivity index (χ4n) is 3.33. The molecule has 1 N–H and O–H groups in total. The number of hydrogen-bond donors (Lipinski definition) is 1. The summed E-state index contributed by atoms with van der Waals surface area (Å²) < 4.78 is 22.1. The fraction of sp³-hybridized carbons (Fsp3) is 0.389. The van der Waals surface area contributed by atoms with Crippen LogP contribution < -0.4 is 10.1 Å². The number of thiazole rings is 1. The van der Waals surface area contributed by atoms with E-state index in [0.717, 1.165) is 17.8 Å². The standard InChI is InChI=1S/C18H20FN5O2S/c1-11-7-14(26-13-3-5-23-6-4-20-16(23)8-13)9-24(11)10-15-17(19)22-18(27-15)21-12(2)25/h3-6,8,11,14H,7,9-10H2,1-2H3,(H,21,22,25)/t11-,14+/m0/s1. The van der Waals surface area contributed by atoms with Crippen LogP contribution in [0.15, 0.2) is 30.7 Å². The van der Waals surface area contributed by atoms with Crippen molar-refractivity contribution >= 4 is 28.0 Å². The molecule has 1 fully saturated rings. The predicted octanol–water partition coefficient (Wildman–Crippen LogP) is 2.93. The van der Waals surface area contributed by atoms with E-state index < -0.39 is 5.95 Å². The molecule has 1 amide bonds. The highest BCUT2D eigenvalue weighted by atomic mass is 32.1. The van der Waals surface area contributed by atoms with Crippen molar-refractivity contribution in [1.29, 1.82) is 0 Å². The third-order valence-electron chi connectivity index (χ3n) is 4.62. The van der Waals surface area contributed by atoms with Gasteiger partial charge in [-0.2, -0.15) is 9.37 Å². The van der Waals surface area contributed by atoms with Crippen molar-refractivity contribution in [2.45, 2.75) is 39.0 Å². The van der Waals surface area contributed by atoms with Crippen molar-refractivity contribution in [2.24, 2.45) is 0 Å². The molecule has 3 aromatic rings. The Bertz CT molecular complexity index is 972. The summed E-state index contributed by atoms with van der Waals surface area (Å²) in [6.07, 6.45) is 6.44. The summed E-state index contributed by atoms with van der Waals surface area (Å²) in [5, 5.41) is 2.83. The highest BCUT2D eigenvalue weighted by molar-refractivity contribution is 7.15. The number of likely N-dealkylation sites (tertiary alicyclic amines) is 1. The van der Waals surface area contributed by atoms with E-state index in [2.05, 4.69) is 27.1 Å². The number of hydrogen-bond acceptors (Lipinski definition) is 6. The number of nitrogens with zero attached hydrogens (tertiary/aromatic N) is 4. The van der Waals surface area contributed by atoms with Gasteiger partial charge in [0, 0.05) is 57.1 Å². The van der Waals surface area contributed by atoms with Crippen molar-refractivity contribution in [3.63, 3.8) is 0 Å². The number of fused-ring (bicyclic) bond motifs is 1. The van der Waals surface area contributed by atoms with Crippen molar-refractivity contribution in [3.05, 3.63) is 41.5 Å². The molecule has 9 heteroatoms. The average molecular weight is 389 g/mol. The molecule has 2 atom stereocenters. The average Bonchev–Trinajstić information content (AvgIpc) is 3.28. The molecular weight excluding hydrogens is 369 g/mol. The zero-order valence-electron chi connectivity index (χ0n) is 15.1. The van der Waals surface area contributed by atoms with Gasteiger partial charge in [-0.15, -0.1) is 0 Å². The largest absolute Gasteiger partial charge is 0.489 e. The van der Waals surface area contributed by atoms with Gasteiger partial charge < -0.3 is 14.5 Å². The molecule has 1 aliphatic rings. The summed E-state index contributed by atoms with van der Waals surface area (Å²) in [5.41, 5.74) is 0.840. The summed E-state index contributed by atoms with van der Waals surface area (Å²) in [6.45, 7) is 4.64. The lowest BCUT2D eigenvalue weighted by molar-refractivity contribution is -0.114. The fourth-order valence-corrected chi connectivity index (χ4v) is 4.24. The first kappa shape index (κ1) is 17.9. The maximum Gasteiger partial charge on any atom is 0.230 e.